The minimum absolute atomic E-state index is 0.0472. The molecule has 3 nitrogen and oxygen atoms in total. The summed E-state index contributed by atoms with van der Waals surface area (Å²) in [5, 5.41) is 0. The van der Waals surface area contributed by atoms with E-state index in [1.54, 1.807) is 11.1 Å². The Hall–Kier alpha value is -4.60. The molecule has 3 heteroatoms. The van der Waals surface area contributed by atoms with E-state index in [0.29, 0.717) is 41.4 Å². The number of hydrogen-bond acceptors (Lipinski definition) is 2. The van der Waals surface area contributed by atoms with Crippen LogP contribution in [0.5, 0.6) is 0 Å². The molecule has 0 aromatic heterocycles. The summed E-state index contributed by atoms with van der Waals surface area (Å²) >= 11 is 0. The lowest BCUT2D eigenvalue weighted by Crippen LogP contribution is -2.37. The lowest BCUT2D eigenvalue weighted by molar-refractivity contribution is 0.288. The molecule has 11 unspecified atom stereocenters. The van der Waals surface area contributed by atoms with E-state index in [0.717, 1.165) is 50.1 Å². The average molecular weight is 793 g/mol. The number of hydrogen-bond donors (Lipinski definition) is 0. The molecule has 0 bridgehead atoms. The largest absolute Gasteiger partial charge is 0.364 e. The van der Waals surface area contributed by atoms with Crippen molar-refractivity contribution in [1.82, 2.24) is 0 Å². The number of allylic oxidation sites excluding steroid dienone is 23. The second-order valence-corrected chi connectivity index (χ2v) is 18.9. The van der Waals surface area contributed by atoms with Crippen molar-refractivity contribution in [2.75, 3.05) is 0 Å². The molecule has 10 rings (SSSR count). The van der Waals surface area contributed by atoms with E-state index in [1.165, 1.54) is 72.8 Å². The first kappa shape index (κ1) is 39.5. The predicted molar refractivity (Wildman–Crippen MR) is 252 cm³/mol. The number of epoxide rings is 1. The van der Waals surface area contributed by atoms with Gasteiger partial charge in [0.2, 0.25) is 0 Å². The van der Waals surface area contributed by atoms with Gasteiger partial charge in [0.15, 0.2) is 0 Å². The molecule has 0 radical (unpaired) electrons. The highest BCUT2D eigenvalue weighted by Crippen LogP contribution is 2.56. The molecule has 9 aliphatic carbocycles. The van der Waals surface area contributed by atoms with Gasteiger partial charge in [0.05, 0.1) is 12.1 Å². The van der Waals surface area contributed by atoms with E-state index in [4.69, 9.17) is 14.7 Å². The Morgan fingerprint density at radius 2 is 1.65 bits per heavy atom. The van der Waals surface area contributed by atoms with Crippen molar-refractivity contribution in [2.24, 2.45) is 57.3 Å². The van der Waals surface area contributed by atoms with Gasteiger partial charge in [0.25, 0.3) is 0 Å². The van der Waals surface area contributed by atoms with Crippen LogP contribution in [-0.2, 0) is 4.74 Å². The van der Waals surface area contributed by atoms with E-state index in [2.05, 4.69) is 147 Å². The van der Waals surface area contributed by atoms with Crippen molar-refractivity contribution in [2.45, 2.75) is 109 Å². The van der Waals surface area contributed by atoms with Crippen molar-refractivity contribution >= 4 is 11.5 Å². The summed E-state index contributed by atoms with van der Waals surface area (Å²) in [6.07, 6.45) is 67.4. The van der Waals surface area contributed by atoms with Crippen LogP contribution in [0.4, 0.5) is 0 Å². The third-order valence-electron chi connectivity index (χ3n) is 15.3. The smallest absolute Gasteiger partial charge is 0.131 e. The highest BCUT2D eigenvalue weighted by atomic mass is 16.6. The molecule has 0 aromatic carbocycles. The molecule has 308 valence electrons. The fourth-order valence-electron chi connectivity index (χ4n) is 12.1. The lowest BCUT2D eigenvalue weighted by Gasteiger charge is -2.39. The van der Waals surface area contributed by atoms with Crippen LogP contribution in [0.1, 0.15) is 90.4 Å². The summed E-state index contributed by atoms with van der Waals surface area (Å²) in [5.41, 5.74) is 11.2. The number of nitrogens with zero attached hydrogens (tertiary/aromatic N) is 2. The molecule has 10 aliphatic rings. The number of ether oxygens (including phenoxy) is 1. The molecular formula is C57H64N2O. The number of aliphatic imine (C=N–C) groups is 2. The molecule has 1 saturated carbocycles. The third-order valence-corrected chi connectivity index (χ3v) is 15.3. The minimum atomic E-state index is -0.0472. The second kappa shape index (κ2) is 17.8. The zero-order chi connectivity index (χ0) is 40.4. The summed E-state index contributed by atoms with van der Waals surface area (Å²) in [6.45, 7) is 6.48. The van der Waals surface area contributed by atoms with Crippen molar-refractivity contribution in [3.63, 3.8) is 0 Å². The van der Waals surface area contributed by atoms with E-state index in [-0.39, 0.29) is 24.2 Å². The molecule has 2 fully saturated rings. The van der Waals surface area contributed by atoms with Gasteiger partial charge in [-0.25, -0.2) is 4.99 Å². The molecule has 1 heterocycles. The van der Waals surface area contributed by atoms with Gasteiger partial charge in [-0.05, 0) is 165 Å². The van der Waals surface area contributed by atoms with E-state index in [9.17, 15) is 0 Å². The van der Waals surface area contributed by atoms with Gasteiger partial charge < -0.3 is 4.74 Å². The predicted octanol–water partition coefficient (Wildman–Crippen LogP) is 13.7. The lowest BCUT2D eigenvalue weighted by atomic mass is 9.64. The summed E-state index contributed by atoms with van der Waals surface area (Å²) in [4.78, 5) is 11.3. The van der Waals surface area contributed by atoms with Crippen LogP contribution in [-0.4, -0.2) is 29.8 Å². The van der Waals surface area contributed by atoms with E-state index >= 15 is 0 Å². The molecule has 1 saturated heterocycles. The van der Waals surface area contributed by atoms with Crippen molar-refractivity contribution in [1.29, 1.82) is 0 Å². The summed E-state index contributed by atoms with van der Waals surface area (Å²) in [6, 6.07) is -0.0472. The van der Waals surface area contributed by atoms with Gasteiger partial charge in [-0.2, -0.15) is 0 Å². The van der Waals surface area contributed by atoms with Crippen LogP contribution >= 0.6 is 0 Å². The Bertz CT molecular complexity index is 2230. The Balaban J connectivity index is 0.910. The van der Waals surface area contributed by atoms with Crippen LogP contribution in [0.3, 0.4) is 0 Å². The minimum Gasteiger partial charge on any atom is -0.364 e. The van der Waals surface area contributed by atoms with Gasteiger partial charge in [0.1, 0.15) is 11.9 Å². The number of rotatable bonds is 10. The maximum atomic E-state index is 6.50. The summed E-state index contributed by atoms with van der Waals surface area (Å²) in [7, 11) is 0. The Kier molecular flexibility index (Phi) is 11.7. The zero-order valence-electron chi connectivity index (χ0n) is 35.8. The maximum Gasteiger partial charge on any atom is 0.131 e. The monoisotopic (exact) mass is 793 g/mol. The first-order chi connectivity index (χ1) is 29.6. The van der Waals surface area contributed by atoms with Crippen molar-refractivity contribution < 1.29 is 4.74 Å². The number of amidine groups is 1. The molecule has 11 atom stereocenters. The molecule has 1 aliphatic heterocycles. The fourth-order valence-corrected chi connectivity index (χ4v) is 12.1. The zero-order valence-corrected chi connectivity index (χ0v) is 35.8. The maximum absolute atomic E-state index is 6.50. The topological polar surface area (TPSA) is 37.2 Å². The first-order valence-electron chi connectivity index (χ1n) is 23.7. The number of fused-ring (bicyclic) bond motifs is 6. The van der Waals surface area contributed by atoms with Crippen LogP contribution in [0.25, 0.3) is 0 Å². The Labute approximate surface area is 360 Å². The highest BCUT2D eigenvalue weighted by Gasteiger charge is 2.57. The fraction of sp³-hybridized carbons (Fsp3) is 0.439. The summed E-state index contributed by atoms with van der Waals surface area (Å²) < 4.78 is 6.50. The normalized spacial score (nSPS) is 36.0. The van der Waals surface area contributed by atoms with Crippen LogP contribution in [0.15, 0.2) is 189 Å². The highest BCUT2D eigenvalue weighted by molar-refractivity contribution is 6.07. The van der Waals surface area contributed by atoms with Gasteiger partial charge in [-0.15, -0.1) is 6.58 Å². The quantitative estimate of drug-likeness (QED) is 0.0939. The van der Waals surface area contributed by atoms with E-state index < -0.39 is 0 Å². The summed E-state index contributed by atoms with van der Waals surface area (Å²) in [5.74, 6) is 4.87. The van der Waals surface area contributed by atoms with Gasteiger partial charge in [-0.1, -0.05) is 134 Å². The van der Waals surface area contributed by atoms with Crippen molar-refractivity contribution in [3.05, 3.63) is 179 Å². The van der Waals surface area contributed by atoms with Gasteiger partial charge in [0, 0.05) is 17.5 Å². The molecule has 0 spiro atoms. The van der Waals surface area contributed by atoms with Crippen LogP contribution < -0.4 is 0 Å². The van der Waals surface area contributed by atoms with E-state index in [1.807, 2.05) is 0 Å². The first-order valence-corrected chi connectivity index (χ1v) is 23.7. The average Bonchev–Trinajstić information content (AvgIpc) is 4.14. The van der Waals surface area contributed by atoms with Crippen LogP contribution in [0.2, 0.25) is 0 Å². The van der Waals surface area contributed by atoms with Crippen molar-refractivity contribution in [3.8, 4) is 0 Å². The third kappa shape index (κ3) is 8.12. The Morgan fingerprint density at radius 1 is 0.767 bits per heavy atom. The van der Waals surface area contributed by atoms with Crippen LogP contribution in [0, 0.1) is 47.3 Å². The SMILES string of the molecule is C=CCC(/N=C(\N=C(/C)C1=CC=CC(C2C=CC(C3CCCC=C3C3=CC=CCC3)CC2)C1)C1C=CC(C2=CCCC=C2)=CC1)C1=C2C(CC=C1)C1C=CC=CC1C1OC21. The second-order valence-electron chi connectivity index (χ2n) is 18.9. The molecule has 0 amide bonds. The molecular weight excluding hydrogens is 729 g/mol. The van der Waals surface area contributed by atoms with Gasteiger partial charge in [-0.3, -0.25) is 4.99 Å². The molecule has 0 N–H and O–H groups in total. The molecule has 0 aromatic rings. The van der Waals surface area contributed by atoms with Gasteiger partial charge >= 0.3 is 0 Å². The Morgan fingerprint density at radius 3 is 2.45 bits per heavy atom. The standard InChI is InChI=1S/C57H64N2O/c1-3-16-53(52-28-15-27-50-49-25-12-13-26-51(49)55-56(60-55)54(50)52)59-57(44-35-31-40(32-36-44)39-17-6-4-7-18-39)58-38(2)45-21-14-22-46(37-45)41-29-33-43(34-30-41)48-24-11-10-23-47(48)42-19-8-5-9-20-42/h3,5-6,8,12-15,17-19,21-23,25-26,28-29,31-33,35,41,43-44,46,48-51,53,55-56H,1,4,7,9-11,16,20,24,27,30,34,36-37H2,2H3/b58-38+,59-57-. The molecule has 60 heavy (non-hydrogen) atoms.